The van der Waals surface area contributed by atoms with Gasteiger partial charge in [0.25, 0.3) is 11.6 Å². The van der Waals surface area contributed by atoms with Gasteiger partial charge in [0.15, 0.2) is 0 Å². The van der Waals surface area contributed by atoms with Crippen LogP contribution in [-0.2, 0) is 11.4 Å². The van der Waals surface area contributed by atoms with Crippen LogP contribution < -0.4 is 10.1 Å². The minimum Gasteiger partial charge on any atom is -0.488 e. The van der Waals surface area contributed by atoms with Gasteiger partial charge in [0.05, 0.1) is 10.6 Å². The maximum absolute atomic E-state index is 13.0. The topological polar surface area (TPSA) is 105 Å². The molecule has 0 aliphatic carbocycles. The van der Waals surface area contributed by atoms with Crippen molar-refractivity contribution >= 4 is 45.7 Å². The number of nitriles is 1. The van der Waals surface area contributed by atoms with Gasteiger partial charge < -0.3 is 10.1 Å². The molecule has 0 aromatic heterocycles. The second-order valence-electron chi connectivity index (χ2n) is 7.96. The number of hydrogen-bond donors (Lipinski definition) is 1. The SMILES string of the molecule is Cc1ccc([N+](=O)[O-])cc1NC(=O)/C(C#N)=C/c1c(OCc2ccccc2Cl)ccc2ccccc12. The van der Waals surface area contributed by atoms with Crippen LogP contribution in [0.2, 0.25) is 5.02 Å². The van der Waals surface area contributed by atoms with Crippen LogP contribution in [0.3, 0.4) is 0 Å². The summed E-state index contributed by atoms with van der Waals surface area (Å²) in [6, 6.07) is 24.6. The van der Waals surface area contributed by atoms with Gasteiger partial charge in [0.1, 0.15) is 24.0 Å². The summed E-state index contributed by atoms with van der Waals surface area (Å²) in [6.07, 6.45) is 1.46. The first-order chi connectivity index (χ1) is 17.4. The molecule has 4 aromatic rings. The van der Waals surface area contributed by atoms with Crippen LogP contribution in [-0.4, -0.2) is 10.8 Å². The van der Waals surface area contributed by atoms with E-state index in [1.807, 2.05) is 54.6 Å². The molecule has 4 aromatic carbocycles. The van der Waals surface area contributed by atoms with E-state index in [0.717, 1.165) is 16.3 Å². The van der Waals surface area contributed by atoms with Crippen molar-refractivity contribution in [2.45, 2.75) is 13.5 Å². The summed E-state index contributed by atoms with van der Waals surface area (Å²) >= 11 is 6.26. The molecule has 0 atom stereocenters. The van der Waals surface area contributed by atoms with Gasteiger partial charge in [-0.2, -0.15) is 5.26 Å². The predicted molar refractivity (Wildman–Crippen MR) is 140 cm³/mol. The van der Waals surface area contributed by atoms with E-state index in [1.165, 1.54) is 24.3 Å². The molecule has 0 fully saturated rings. The number of fused-ring (bicyclic) bond motifs is 1. The van der Waals surface area contributed by atoms with Crippen molar-refractivity contribution in [3.05, 3.63) is 116 Å². The molecule has 178 valence electrons. The smallest absolute Gasteiger partial charge is 0.271 e. The maximum Gasteiger partial charge on any atom is 0.271 e. The summed E-state index contributed by atoms with van der Waals surface area (Å²) in [5.74, 6) is -0.216. The minimum atomic E-state index is -0.689. The Kier molecular flexibility index (Phi) is 7.28. The number of nitrogens with one attached hydrogen (secondary N) is 1. The highest BCUT2D eigenvalue weighted by Gasteiger charge is 2.16. The highest BCUT2D eigenvalue weighted by atomic mass is 35.5. The number of hydrogen-bond acceptors (Lipinski definition) is 5. The van der Waals surface area contributed by atoms with Gasteiger partial charge in [-0.1, -0.05) is 66.2 Å². The van der Waals surface area contributed by atoms with E-state index in [0.29, 0.717) is 21.9 Å². The van der Waals surface area contributed by atoms with Crippen LogP contribution in [0.25, 0.3) is 16.8 Å². The zero-order valence-corrected chi connectivity index (χ0v) is 20.0. The van der Waals surface area contributed by atoms with E-state index in [2.05, 4.69) is 5.32 Å². The summed E-state index contributed by atoms with van der Waals surface area (Å²) in [7, 11) is 0. The second-order valence-corrected chi connectivity index (χ2v) is 8.37. The number of carbonyl (C=O) groups is 1. The summed E-state index contributed by atoms with van der Waals surface area (Å²) < 4.78 is 6.07. The third kappa shape index (κ3) is 5.35. The van der Waals surface area contributed by atoms with Gasteiger partial charge in [-0.05, 0) is 41.5 Å². The number of ether oxygens (including phenoxy) is 1. The highest BCUT2D eigenvalue weighted by molar-refractivity contribution is 6.31. The molecular formula is C28H20ClN3O4. The molecule has 0 aliphatic rings. The second kappa shape index (κ2) is 10.7. The number of nitro groups is 1. The fraction of sp³-hybridized carbons (Fsp3) is 0.0714. The lowest BCUT2D eigenvalue weighted by atomic mass is 10.0. The maximum atomic E-state index is 13.0. The number of amides is 1. The normalized spacial score (nSPS) is 11.1. The van der Waals surface area contributed by atoms with Crippen LogP contribution in [0.5, 0.6) is 5.75 Å². The molecule has 8 heteroatoms. The molecule has 4 rings (SSSR count). The van der Waals surface area contributed by atoms with Crippen LogP contribution in [0.4, 0.5) is 11.4 Å². The van der Waals surface area contributed by atoms with E-state index in [1.54, 1.807) is 19.1 Å². The molecule has 36 heavy (non-hydrogen) atoms. The van der Waals surface area contributed by atoms with Gasteiger partial charge in [-0.15, -0.1) is 0 Å². The zero-order chi connectivity index (χ0) is 25.7. The van der Waals surface area contributed by atoms with Crippen molar-refractivity contribution < 1.29 is 14.5 Å². The molecular weight excluding hydrogens is 478 g/mol. The van der Waals surface area contributed by atoms with Crippen LogP contribution in [0.1, 0.15) is 16.7 Å². The molecule has 0 aliphatic heterocycles. The number of carbonyl (C=O) groups excluding carboxylic acids is 1. The Morgan fingerprint density at radius 2 is 1.86 bits per heavy atom. The highest BCUT2D eigenvalue weighted by Crippen LogP contribution is 2.32. The predicted octanol–water partition coefficient (Wildman–Crippen LogP) is 6.83. The molecule has 0 bridgehead atoms. The summed E-state index contributed by atoms with van der Waals surface area (Å²) in [5, 5.41) is 25.8. The largest absolute Gasteiger partial charge is 0.488 e. The Labute approximate surface area is 212 Å². The molecule has 1 amide bonds. The van der Waals surface area contributed by atoms with Crippen molar-refractivity contribution in [2.75, 3.05) is 5.32 Å². The van der Waals surface area contributed by atoms with Gasteiger partial charge in [-0.3, -0.25) is 14.9 Å². The number of rotatable bonds is 7. The first-order valence-corrected chi connectivity index (χ1v) is 11.3. The molecule has 0 radical (unpaired) electrons. The summed E-state index contributed by atoms with van der Waals surface area (Å²) in [6.45, 7) is 1.90. The fourth-order valence-corrected chi connectivity index (χ4v) is 3.85. The van der Waals surface area contributed by atoms with E-state index >= 15 is 0 Å². The number of halogens is 1. The van der Waals surface area contributed by atoms with Crippen LogP contribution >= 0.6 is 11.6 Å². The molecule has 0 unspecified atom stereocenters. The number of non-ortho nitro benzene ring substituents is 1. The Bertz CT molecular complexity index is 1560. The molecule has 0 saturated heterocycles. The molecule has 7 nitrogen and oxygen atoms in total. The van der Waals surface area contributed by atoms with Gasteiger partial charge in [0, 0.05) is 28.3 Å². The van der Waals surface area contributed by atoms with E-state index in [9.17, 15) is 20.2 Å². The summed E-state index contributed by atoms with van der Waals surface area (Å²) in [5.41, 5.74) is 1.88. The van der Waals surface area contributed by atoms with Crippen molar-refractivity contribution in [2.24, 2.45) is 0 Å². The Balaban J connectivity index is 1.72. The number of anilines is 1. The number of aryl methyl sites for hydroxylation is 1. The van der Waals surface area contributed by atoms with Crippen molar-refractivity contribution in [1.82, 2.24) is 0 Å². The average Bonchev–Trinajstić information content (AvgIpc) is 2.88. The van der Waals surface area contributed by atoms with E-state index < -0.39 is 10.8 Å². The monoisotopic (exact) mass is 497 g/mol. The quantitative estimate of drug-likeness (QED) is 0.130. The van der Waals surface area contributed by atoms with E-state index in [-0.39, 0.29) is 23.6 Å². The molecule has 1 N–H and O–H groups in total. The lowest BCUT2D eigenvalue weighted by Crippen LogP contribution is -2.14. The number of nitrogens with zero attached hydrogens (tertiary/aromatic N) is 2. The average molecular weight is 498 g/mol. The minimum absolute atomic E-state index is 0.164. The van der Waals surface area contributed by atoms with Crippen LogP contribution in [0, 0.1) is 28.4 Å². The van der Waals surface area contributed by atoms with Gasteiger partial charge >= 0.3 is 0 Å². The van der Waals surface area contributed by atoms with Crippen LogP contribution in [0.15, 0.2) is 84.4 Å². The van der Waals surface area contributed by atoms with E-state index in [4.69, 9.17) is 16.3 Å². The Morgan fingerprint density at radius 1 is 1.11 bits per heavy atom. The number of benzene rings is 4. The van der Waals surface area contributed by atoms with Crippen molar-refractivity contribution in [3.63, 3.8) is 0 Å². The fourth-order valence-electron chi connectivity index (χ4n) is 3.66. The third-order valence-corrected chi connectivity index (χ3v) is 5.97. The standard InChI is InChI=1S/C28H20ClN3O4/c1-18-10-12-22(32(34)35)15-26(18)31-28(33)21(16-30)14-24-23-8-4-2-6-19(23)11-13-27(24)36-17-20-7-3-5-9-25(20)29/h2-15H,17H2,1H3,(H,31,33)/b21-14+. The van der Waals surface area contributed by atoms with Crippen molar-refractivity contribution in [1.29, 1.82) is 5.26 Å². The lowest BCUT2D eigenvalue weighted by Gasteiger charge is -2.14. The third-order valence-electron chi connectivity index (χ3n) is 5.61. The van der Waals surface area contributed by atoms with Gasteiger partial charge in [-0.25, -0.2) is 0 Å². The number of nitro benzene ring substituents is 1. The van der Waals surface area contributed by atoms with Crippen molar-refractivity contribution in [3.8, 4) is 11.8 Å². The zero-order valence-electron chi connectivity index (χ0n) is 19.2. The Hall–Kier alpha value is -4.67. The molecule has 0 saturated carbocycles. The first kappa shape index (κ1) is 24.5. The summed E-state index contributed by atoms with van der Waals surface area (Å²) in [4.78, 5) is 23.6. The Morgan fingerprint density at radius 3 is 2.61 bits per heavy atom. The molecule has 0 heterocycles. The molecule has 0 spiro atoms. The van der Waals surface area contributed by atoms with Gasteiger partial charge in [0.2, 0.25) is 0 Å². The first-order valence-electron chi connectivity index (χ1n) is 10.9. The lowest BCUT2D eigenvalue weighted by molar-refractivity contribution is -0.384.